The molecule has 0 radical (unpaired) electrons. The SMILES string of the molecule is C=CCC1(O)C[C@H](O)[C@@H](C)[C@@H](/C=C(\C)CO[Si](c2ccccc2)(c2ccccc2)C(C)(C)C)O1. The Hall–Kier alpha value is -2.02. The maximum atomic E-state index is 10.8. The number of benzene rings is 2. The summed E-state index contributed by atoms with van der Waals surface area (Å²) in [5.41, 5.74) is 1.01. The zero-order valence-corrected chi connectivity index (χ0v) is 22.2. The van der Waals surface area contributed by atoms with Crippen molar-refractivity contribution in [1.29, 1.82) is 0 Å². The third-order valence-corrected chi connectivity index (χ3v) is 11.8. The van der Waals surface area contributed by atoms with E-state index < -0.39 is 26.3 Å². The molecule has 0 bridgehead atoms. The topological polar surface area (TPSA) is 58.9 Å². The highest BCUT2D eigenvalue weighted by molar-refractivity contribution is 6.99. The van der Waals surface area contributed by atoms with Crippen molar-refractivity contribution in [2.24, 2.45) is 5.92 Å². The van der Waals surface area contributed by atoms with E-state index in [1.54, 1.807) is 6.08 Å². The number of aliphatic hydroxyl groups excluding tert-OH is 1. The molecule has 0 aromatic heterocycles. The van der Waals surface area contributed by atoms with E-state index in [0.717, 1.165) is 5.57 Å². The van der Waals surface area contributed by atoms with Crippen molar-refractivity contribution in [3.05, 3.63) is 85.0 Å². The summed E-state index contributed by atoms with van der Waals surface area (Å²) in [5.74, 6) is -1.53. The smallest absolute Gasteiger partial charge is 0.261 e. The lowest BCUT2D eigenvalue weighted by molar-refractivity contribution is -0.274. The summed E-state index contributed by atoms with van der Waals surface area (Å²) < 4.78 is 13.0. The second-order valence-electron chi connectivity index (χ2n) is 10.6. The van der Waals surface area contributed by atoms with Crippen LogP contribution in [-0.4, -0.2) is 43.1 Å². The highest BCUT2D eigenvalue weighted by Crippen LogP contribution is 2.38. The molecular formula is C29H40O4Si. The van der Waals surface area contributed by atoms with Crippen molar-refractivity contribution in [2.45, 2.75) is 70.5 Å². The molecule has 0 spiro atoms. The average molecular weight is 481 g/mol. The van der Waals surface area contributed by atoms with E-state index in [4.69, 9.17) is 9.16 Å². The number of hydrogen-bond donors (Lipinski definition) is 2. The minimum Gasteiger partial charge on any atom is -0.403 e. The molecule has 2 aromatic carbocycles. The molecule has 0 saturated carbocycles. The first-order valence-corrected chi connectivity index (χ1v) is 14.0. The molecule has 2 N–H and O–H groups in total. The third kappa shape index (κ3) is 5.61. The molecule has 184 valence electrons. The molecule has 1 heterocycles. The van der Waals surface area contributed by atoms with Gasteiger partial charge in [-0.15, -0.1) is 6.58 Å². The van der Waals surface area contributed by atoms with Gasteiger partial charge < -0.3 is 19.4 Å². The molecule has 0 amide bonds. The lowest BCUT2D eigenvalue weighted by Gasteiger charge is -2.43. The van der Waals surface area contributed by atoms with Crippen molar-refractivity contribution in [3.8, 4) is 0 Å². The Bertz CT molecular complexity index is 927. The summed E-state index contributed by atoms with van der Waals surface area (Å²) in [6.07, 6.45) is 3.03. The number of aliphatic hydroxyl groups is 2. The lowest BCUT2D eigenvalue weighted by atomic mass is 9.87. The van der Waals surface area contributed by atoms with Gasteiger partial charge in [0.1, 0.15) is 0 Å². The predicted molar refractivity (Wildman–Crippen MR) is 142 cm³/mol. The van der Waals surface area contributed by atoms with E-state index in [0.29, 0.717) is 6.61 Å². The van der Waals surface area contributed by atoms with E-state index in [2.05, 4.69) is 75.9 Å². The van der Waals surface area contributed by atoms with Crippen LogP contribution in [0, 0.1) is 5.92 Å². The normalized spacial score (nSPS) is 26.3. The molecule has 1 aliphatic heterocycles. The van der Waals surface area contributed by atoms with Crippen LogP contribution in [0.15, 0.2) is 85.0 Å². The van der Waals surface area contributed by atoms with Gasteiger partial charge in [-0.2, -0.15) is 0 Å². The fraction of sp³-hybridized carbons (Fsp3) is 0.448. The van der Waals surface area contributed by atoms with Crippen LogP contribution in [-0.2, 0) is 9.16 Å². The fourth-order valence-corrected chi connectivity index (χ4v) is 9.60. The highest BCUT2D eigenvalue weighted by atomic mass is 28.4. The van der Waals surface area contributed by atoms with Crippen molar-refractivity contribution < 1.29 is 19.4 Å². The first kappa shape index (κ1) is 26.6. The molecule has 4 atom stereocenters. The minimum absolute atomic E-state index is 0.106. The van der Waals surface area contributed by atoms with Crippen LogP contribution < -0.4 is 10.4 Å². The molecule has 2 aromatic rings. The summed E-state index contributed by atoms with van der Waals surface area (Å²) in [6, 6.07) is 21.1. The van der Waals surface area contributed by atoms with Crippen LogP contribution >= 0.6 is 0 Å². The maximum absolute atomic E-state index is 10.8. The minimum atomic E-state index is -2.64. The Kier molecular flexibility index (Phi) is 8.37. The van der Waals surface area contributed by atoms with Crippen LogP contribution in [0.2, 0.25) is 5.04 Å². The zero-order valence-electron chi connectivity index (χ0n) is 21.2. The molecule has 1 unspecified atom stereocenters. The van der Waals surface area contributed by atoms with Crippen molar-refractivity contribution in [1.82, 2.24) is 0 Å². The summed E-state index contributed by atoms with van der Waals surface area (Å²) in [4.78, 5) is 0. The highest BCUT2D eigenvalue weighted by Gasteiger charge is 2.50. The molecular weight excluding hydrogens is 440 g/mol. The Balaban J connectivity index is 1.94. The first-order valence-electron chi connectivity index (χ1n) is 12.1. The monoisotopic (exact) mass is 480 g/mol. The van der Waals surface area contributed by atoms with Crippen molar-refractivity contribution in [3.63, 3.8) is 0 Å². The van der Waals surface area contributed by atoms with Crippen LogP contribution in [0.1, 0.15) is 47.5 Å². The van der Waals surface area contributed by atoms with Gasteiger partial charge in [-0.25, -0.2) is 0 Å². The lowest BCUT2D eigenvalue weighted by Crippen LogP contribution is -2.66. The van der Waals surface area contributed by atoms with Crippen molar-refractivity contribution >= 4 is 18.7 Å². The molecule has 1 aliphatic rings. The Morgan fingerprint density at radius 2 is 1.65 bits per heavy atom. The van der Waals surface area contributed by atoms with Gasteiger partial charge in [0.15, 0.2) is 5.79 Å². The fourth-order valence-electron chi connectivity index (χ4n) is 5.00. The van der Waals surface area contributed by atoms with Gasteiger partial charge in [-0.3, -0.25) is 0 Å². The van der Waals surface area contributed by atoms with E-state index in [9.17, 15) is 10.2 Å². The second-order valence-corrected chi connectivity index (χ2v) is 14.9. The van der Waals surface area contributed by atoms with Crippen LogP contribution in [0.25, 0.3) is 0 Å². The van der Waals surface area contributed by atoms with E-state index >= 15 is 0 Å². The standard InChI is InChI=1S/C29H40O4Si/c1-7-18-29(31)20-26(30)23(3)27(33-29)19-22(2)21-32-34(28(4,5)6,24-14-10-8-11-15-24)25-16-12-9-13-17-25/h7-17,19,23,26-27,30-31H,1,18,20-21H2,2-6H3/b22-19+/t23-,26+,27-,29?/m1/s1. The average Bonchev–Trinajstić information content (AvgIpc) is 2.78. The summed E-state index contributed by atoms with van der Waals surface area (Å²) >= 11 is 0. The van der Waals surface area contributed by atoms with Gasteiger partial charge in [0, 0.05) is 18.8 Å². The van der Waals surface area contributed by atoms with Crippen LogP contribution in [0.4, 0.5) is 0 Å². The van der Waals surface area contributed by atoms with Gasteiger partial charge in [-0.05, 0) is 22.3 Å². The van der Waals surface area contributed by atoms with E-state index in [1.165, 1.54) is 10.4 Å². The number of ether oxygens (including phenoxy) is 1. The molecule has 5 heteroatoms. The molecule has 1 fully saturated rings. The van der Waals surface area contributed by atoms with Crippen LogP contribution in [0.5, 0.6) is 0 Å². The molecule has 34 heavy (non-hydrogen) atoms. The van der Waals surface area contributed by atoms with E-state index in [1.807, 2.05) is 32.1 Å². The van der Waals surface area contributed by atoms with Gasteiger partial charge in [-0.1, -0.05) is 106 Å². The van der Waals surface area contributed by atoms with Gasteiger partial charge in [0.25, 0.3) is 8.32 Å². The molecule has 4 nitrogen and oxygen atoms in total. The van der Waals surface area contributed by atoms with Crippen LogP contribution in [0.3, 0.4) is 0 Å². The second kappa shape index (κ2) is 10.7. The maximum Gasteiger partial charge on any atom is 0.261 e. The molecule has 3 rings (SSSR count). The summed E-state index contributed by atoms with van der Waals surface area (Å²) in [5, 5.41) is 23.7. The first-order chi connectivity index (χ1) is 16.0. The number of rotatable bonds is 8. The zero-order chi connectivity index (χ0) is 25.0. The molecule has 0 aliphatic carbocycles. The van der Waals surface area contributed by atoms with Gasteiger partial charge >= 0.3 is 0 Å². The summed E-state index contributed by atoms with van der Waals surface area (Å²) in [7, 11) is -2.64. The molecule has 1 saturated heterocycles. The van der Waals surface area contributed by atoms with Crippen molar-refractivity contribution in [2.75, 3.05) is 6.61 Å². The third-order valence-electron chi connectivity index (χ3n) is 6.85. The van der Waals surface area contributed by atoms with Gasteiger partial charge in [0.2, 0.25) is 0 Å². The van der Waals surface area contributed by atoms with E-state index in [-0.39, 0.29) is 23.8 Å². The van der Waals surface area contributed by atoms with Gasteiger partial charge in [0.05, 0.1) is 18.8 Å². The Labute approximate surface area is 206 Å². The number of hydrogen-bond acceptors (Lipinski definition) is 4. The quantitative estimate of drug-likeness (QED) is 0.430. The predicted octanol–water partition coefficient (Wildman–Crippen LogP) is 4.56. The summed E-state index contributed by atoms with van der Waals surface area (Å²) in [6.45, 7) is 14.9. The largest absolute Gasteiger partial charge is 0.403 e. The Morgan fingerprint density at radius 3 is 2.12 bits per heavy atom. The Morgan fingerprint density at radius 1 is 1.12 bits per heavy atom.